The Hall–Kier alpha value is -0.0800. The van der Waals surface area contributed by atoms with Gasteiger partial charge in [0.05, 0.1) is 0 Å². The number of hydrogen-bond acceptors (Lipinski definition) is 2. The van der Waals surface area contributed by atoms with Crippen LogP contribution < -0.4 is 5.73 Å². The standard InChI is InChI=1S/C17H32N2/c1-13-4-2-7-16(8-9-18)19(13)17-11-14-5-3-6-15(10-14)12-17/h13-17H,2-12,18H2,1H3/t13-,14-,15+,16-,17+/m0/s1. The SMILES string of the molecule is C[C@H]1CCC[C@@H](CCN)N1[C@H]1C[C@@H]2CCC[C@@H](C2)C1. The molecule has 2 N–H and O–H groups in total. The van der Waals surface area contributed by atoms with Crippen molar-refractivity contribution in [2.45, 2.75) is 89.3 Å². The summed E-state index contributed by atoms with van der Waals surface area (Å²) in [5.41, 5.74) is 5.86. The fourth-order valence-corrected chi connectivity index (χ4v) is 5.39. The van der Waals surface area contributed by atoms with E-state index in [2.05, 4.69) is 11.8 Å². The summed E-state index contributed by atoms with van der Waals surface area (Å²) in [4.78, 5) is 2.92. The van der Waals surface area contributed by atoms with Crippen LogP contribution in [-0.4, -0.2) is 29.6 Å². The molecule has 0 radical (unpaired) electrons. The van der Waals surface area contributed by atoms with Gasteiger partial charge in [-0.1, -0.05) is 25.7 Å². The van der Waals surface area contributed by atoms with Crippen molar-refractivity contribution >= 4 is 0 Å². The van der Waals surface area contributed by atoms with E-state index < -0.39 is 0 Å². The number of likely N-dealkylation sites (tertiary alicyclic amines) is 1. The van der Waals surface area contributed by atoms with Gasteiger partial charge < -0.3 is 5.73 Å². The highest BCUT2D eigenvalue weighted by atomic mass is 15.2. The minimum Gasteiger partial charge on any atom is -0.330 e. The predicted octanol–water partition coefficient (Wildman–Crippen LogP) is 3.55. The van der Waals surface area contributed by atoms with E-state index in [9.17, 15) is 0 Å². The molecule has 2 saturated carbocycles. The van der Waals surface area contributed by atoms with E-state index in [0.717, 1.165) is 36.5 Å². The van der Waals surface area contributed by atoms with Crippen molar-refractivity contribution < 1.29 is 0 Å². The molecule has 5 atom stereocenters. The molecule has 2 heteroatoms. The summed E-state index contributed by atoms with van der Waals surface area (Å²) in [6.07, 6.45) is 14.5. The molecule has 2 bridgehead atoms. The van der Waals surface area contributed by atoms with Gasteiger partial charge in [0.15, 0.2) is 0 Å². The molecule has 1 heterocycles. The van der Waals surface area contributed by atoms with Gasteiger partial charge in [-0.25, -0.2) is 0 Å². The second kappa shape index (κ2) is 6.13. The molecule has 19 heavy (non-hydrogen) atoms. The highest BCUT2D eigenvalue weighted by molar-refractivity contribution is 4.93. The summed E-state index contributed by atoms with van der Waals surface area (Å²) < 4.78 is 0. The Morgan fingerprint density at radius 2 is 1.63 bits per heavy atom. The molecule has 2 nitrogen and oxygen atoms in total. The lowest BCUT2D eigenvalue weighted by Gasteiger charge is -2.50. The van der Waals surface area contributed by atoms with Crippen molar-refractivity contribution in [2.24, 2.45) is 17.6 Å². The van der Waals surface area contributed by atoms with Crippen LogP contribution in [0.3, 0.4) is 0 Å². The van der Waals surface area contributed by atoms with Crippen LogP contribution in [0.4, 0.5) is 0 Å². The van der Waals surface area contributed by atoms with Crippen LogP contribution in [0.5, 0.6) is 0 Å². The zero-order valence-corrected chi connectivity index (χ0v) is 12.7. The molecule has 0 spiro atoms. The lowest BCUT2D eigenvalue weighted by atomic mass is 9.69. The average molecular weight is 264 g/mol. The molecule has 2 aliphatic carbocycles. The monoisotopic (exact) mass is 264 g/mol. The van der Waals surface area contributed by atoms with Crippen molar-refractivity contribution in [1.29, 1.82) is 0 Å². The number of hydrogen-bond donors (Lipinski definition) is 1. The normalized spacial score (nSPS) is 44.2. The van der Waals surface area contributed by atoms with Crippen LogP contribution in [0.1, 0.15) is 71.1 Å². The second-order valence-corrected chi connectivity index (χ2v) is 7.48. The Labute approximate surface area is 119 Å². The number of nitrogens with two attached hydrogens (primary N) is 1. The molecular weight excluding hydrogens is 232 g/mol. The predicted molar refractivity (Wildman–Crippen MR) is 81.1 cm³/mol. The highest BCUT2D eigenvalue weighted by Crippen LogP contribution is 2.43. The van der Waals surface area contributed by atoms with Crippen molar-refractivity contribution in [3.63, 3.8) is 0 Å². The van der Waals surface area contributed by atoms with Crippen molar-refractivity contribution in [1.82, 2.24) is 4.90 Å². The van der Waals surface area contributed by atoms with Crippen LogP contribution in [0, 0.1) is 11.8 Å². The highest BCUT2D eigenvalue weighted by Gasteiger charge is 2.39. The molecule has 3 aliphatic rings. The Balaban J connectivity index is 1.70. The zero-order chi connectivity index (χ0) is 13.2. The summed E-state index contributed by atoms with van der Waals surface area (Å²) in [7, 11) is 0. The molecule has 3 rings (SSSR count). The fraction of sp³-hybridized carbons (Fsp3) is 1.00. The number of nitrogens with zero attached hydrogens (tertiary/aromatic N) is 1. The van der Waals surface area contributed by atoms with Crippen molar-refractivity contribution in [3.8, 4) is 0 Å². The Kier molecular flexibility index (Phi) is 4.48. The average Bonchev–Trinajstić information content (AvgIpc) is 2.38. The first-order valence-electron chi connectivity index (χ1n) is 8.75. The molecule has 0 aromatic carbocycles. The maximum atomic E-state index is 5.86. The fourth-order valence-electron chi connectivity index (χ4n) is 5.39. The lowest BCUT2D eigenvalue weighted by Crippen LogP contribution is -2.54. The number of rotatable bonds is 3. The zero-order valence-electron chi connectivity index (χ0n) is 12.7. The first kappa shape index (κ1) is 13.9. The first-order valence-corrected chi connectivity index (χ1v) is 8.75. The smallest absolute Gasteiger partial charge is 0.0113 e. The van der Waals surface area contributed by atoms with E-state index in [1.165, 1.54) is 57.8 Å². The minimum absolute atomic E-state index is 0.789. The minimum atomic E-state index is 0.789. The Morgan fingerprint density at radius 1 is 0.947 bits per heavy atom. The molecule has 0 aromatic rings. The van der Waals surface area contributed by atoms with Gasteiger partial charge in [0.2, 0.25) is 0 Å². The third-order valence-corrected chi connectivity index (χ3v) is 6.11. The maximum Gasteiger partial charge on any atom is 0.0113 e. The van der Waals surface area contributed by atoms with Crippen molar-refractivity contribution in [2.75, 3.05) is 6.54 Å². The van der Waals surface area contributed by atoms with E-state index in [0.29, 0.717) is 0 Å². The third-order valence-electron chi connectivity index (χ3n) is 6.11. The van der Waals surface area contributed by atoms with Gasteiger partial charge in [0.1, 0.15) is 0 Å². The van der Waals surface area contributed by atoms with Gasteiger partial charge in [-0.3, -0.25) is 4.90 Å². The largest absolute Gasteiger partial charge is 0.330 e. The summed E-state index contributed by atoms with van der Waals surface area (Å²) >= 11 is 0. The van der Waals surface area contributed by atoms with E-state index in [-0.39, 0.29) is 0 Å². The van der Waals surface area contributed by atoms with Crippen LogP contribution in [0.15, 0.2) is 0 Å². The first-order chi connectivity index (χ1) is 9.28. The van der Waals surface area contributed by atoms with E-state index in [1.54, 1.807) is 6.42 Å². The van der Waals surface area contributed by atoms with Gasteiger partial charge in [-0.05, 0) is 63.8 Å². The Morgan fingerprint density at radius 3 is 2.32 bits per heavy atom. The van der Waals surface area contributed by atoms with Crippen LogP contribution in [0.2, 0.25) is 0 Å². The molecular formula is C17H32N2. The molecule has 0 aromatic heterocycles. The van der Waals surface area contributed by atoms with Gasteiger partial charge in [0.25, 0.3) is 0 Å². The maximum absolute atomic E-state index is 5.86. The van der Waals surface area contributed by atoms with E-state index in [4.69, 9.17) is 5.73 Å². The Bertz CT molecular complexity index is 277. The van der Waals surface area contributed by atoms with Crippen LogP contribution >= 0.6 is 0 Å². The molecule has 0 amide bonds. The van der Waals surface area contributed by atoms with E-state index in [1.807, 2.05) is 0 Å². The molecule has 1 saturated heterocycles. The molecule has 3 fully saturated rings. The van der Waals surface area contributed by atoms with Crippen LogP contribution in [-0.2, 0) is 0 Å². The van der Waals surface area contributed by atoms with E-state index >= 15 is 0 Å². The van der Waals surface area contributed by atoms with Gasteiger partial charge in [-0.2, -0.15) is 0 Å². The summed E-state index contributed by atoms with van der Waals surface area (Å²) in [6.45, 7) is 3.33. The number of fused-ring (bicyclic) bond motifs is 2. The quantitative estimate of drug-likeness (QED) is 0.844. The summed E-state index contributed by atoms with van der Waals surface area (Å²) in [5.74, 6) is 2.09. The third kappa shape index (κ3) is 3.00. The molecule has 1 aliphatic heterocycles. The second-order valence-electron chi connectivity index (χ2n) is 7.48. The van der Waals surface area contributed by atoms with Crippen molar-refractivity contribution in [3.05, 3.63) is 0 Å². The molecule has 0 unspecified atom stereocenters. The van der Waals surface area contributed by atoms with Gasteiger partial charge in [0, 0.05) is 18.1 Å². The number of piperidine rings is 1. The van der Waals surface area contributed by atoms with Gasteiger partial charge >= 0.3 is 0 Å². The summed E-state index contributed by atoms with van der Waals surface area (Å²) in [6, 6.07) is 2.47. The van der Waals surface area contributed by atoms with Crippen LogP contribution in [0.25, 0.3) is 0 Å². The topological polar surface area (TPSA) is 29.3 Å². The lowest BCUT2D eigenvalue weighted by molar-refractivity contribution is -0.00704. The van der Waals surface area contributed by atoms with Gasteiger partial charge in [-0.15, -0.1) is 0 Å². The summed E-state index contributed by atoms with van der Waals surface area (Å²) in [5, 5.41) is 0. The molecule has 110 valence electrons.